The molecule has 2 heterocycles. The lowest BCUT2D eigenvalue weighted by Gasteiger charge is -2.30. The molecule has 0 saturated heterocycles. The largest absolute Gasteiger partial charge is 0.466 e. The van der Waals surface area contributed by atoms with E-state index in [2.05, 4.69) is 15.6 Å². The van der Waals surface area contributed by atoms with Crippen molar-refractivity contribution in [1.29, 1.82) is 0 Å². The lowest BCUT2D eigenvalue weighted by Crippen LogP contribution is -2.32. The fourth-order valence-corrected chi connectivity index (χ4v) is 5.09. The van der Waals surface area contributed by atoms with Crippen molar-refractivity contribution in [3.05, 3.63) is 87.0 Å². The number of aromatic nitrogens is 1. The molecular weight excluding hydrogens is 486 g/mol. The Morgan fingerprint density at radius 1 is 1.00 bits per heavy atom. The summed E-state index contributed by atoms with van der Waals surface area (Å²) in [7, 11) is 2.64. The van der Waals surface area contributed by atoms with Gasteiger partial charge in [-0.05, 0) is 37.6 Å². The van der Waals surface area contributed by atoms with Crippen LogP contribution in [0.1, 0.15) is 25.3 Å². The second-order valence-corrected chi connectivity index (χ2v) is 9.15. The van der Waals surface area contributed by atoms with Crippen LogP contribution < -0.4 is 10.6 Å². The number of benzene rings is 2. The van der Waals surface area contributed by atoms with Gasteiger partial charge in [0, 0.05) is 33.0 Å². The van der Waals surface area contributed by atoms with Crippen molar-refractivity contribution in [3.8, 4) is 11.3 Å². The van der Waals surface area contributed by atoms with E-state index in [1.807, 2.05) is 53.9 Å². The van der Waals surface area contributed by atoms with E-state index in [0.29, 0.717) is 32.7 Å². The molecule has 3 aromatic rings. The fraction of sp³-hybridized carbons (Fsp3) is 0.192. The van der Waals surface area contributed by atoms with Gasteiger partial charge in [0.2, 0.25) is 0 Å². The van der Waals surface area contributed by atoms with Crippen LogP contribution in [0.4, 0.5) is 10.8 Å². The molecule has 1 aliphatic heterocycles. The molecule has 0 saturated carbocycles. The van der Waals surface area contributed by atoms with Crippen LogP contribution in [0.25, 0.3) is 11.3 Å². The fourth-order valence-electron chi connectivity index (χ4n) is 4.13. The molecule has 9 heteroatoms. The molecule has 0 fully saturated rings. The Labute approximate surface area is 212 Å². The molecule has 1 aromatic heterocycles. The van der Waals surface area contributed by atoms with E-state index in [0.717, 1.165) is 22.5 Å². The molecule has 4 rings (SSSR count). The summed E-state index contributed by atoms with van der Waals surface area (Å²) < 4.78 is 10.1. The zero-order chi connectivity index (χ0) is 25.1. The van der Waals surface area contributed by atoms with Gasteiger partial charge in [0.15, 0.2) is 5.13 Å². The average molecular weight is 510 g/mol. The zero-order valence-corrected chi connectivity index (χ0v) is 21.2. The zero-order valence-electron chi connectivity index (χ0n) is 19.6. The number of methoxy groups -OCH3 is 2. The van der Waals surface area contributed by atoms with E-state index >= 15 is 0 Å². The van der Waals surface area contributed by atoms with Crippen molar-refractivity contribution in [2.75, 3.05) is 19.5 Å². The maximum Gasteiger partial charge on any atom is 0.336 e. The second-order valence-electron chi connectivity index (χ2n) is 7.89. The topological polar surface area (TPSA) is 89.5 Å². The first-order valence-corrected chi connectivity index (χ1v) is 12.0. The summed E-state index contributed by atoms with van der Waals surface area (Å²) in [5.41, 5.74) is 5.06. The molecule has 7 nitrogen and oxygen atoms in total. The summed E-state index contributed by atoms with van der Waals surface area (Å²) in [5, 5.41) is 9.67. The lowest BCUT2D eigenvalue weighted by atomic mass is 9.80. The van der Waals surface area contributed by atoms with Gasteiger partial charge in [-0.15, -0.1) is 11.3 Å². The first kappa shape index (κ1) is 24.5. The molecular formula is C26H24ClN3O4S. The molecule has 0 atom stereocenters. The number of nitrogens with one attached hydrogen (secondary N) is 2. The number of nitrogens with zero attached hydrogens (tertiary/aromatic N) is 1. The Hall–Kier alpha value is -3.62. The Kier molecular flexibility index (Phi) is 7.23. The summed E-state index contributed by atoms with van der Waals surface area (Å²) in [6.45, 7) is 3.56. The monoisotopic (exact) mass is 509 g/mol. The first-order valence-electron chi connectivity index (χ1n) is 10.8. The van der Waals surface area contributed by atoms with Gasteiger partial charge >= 0.3 is 11.9 Å². The Morgan fingerprint density at radius 3 is 2.29 bits per heavy atom. The Morgan fingerprint density at radius 2 is 1.66 bits per heavy atom. The number of anilines is 2. The van der Waals surface area contributed by atoms with Crippen molar-refractivity contribution < 1.29 is 19.1 Å². The summed E-state index contributed by atoms with van der Waals surface area (Å²) in [5.74, 6) is -1.69. The van der Waals surface area contributed by atoms with Crippen LogP contribution in [-0.2, 0) is 19.1 Å². The second kappa shape index (κ2) is 10.3. The van der Waals surface area contributed by atoms with Gasteiger partial charge in [0.05, 0.1) is 37.0 Å². The number of esters is 2. The van der Waals surface area contributed by atoms with E-state index in [1.165, 1.54) is 25.6 Å². The van der Waals surface area contributed by atoms with Crippen LogP contribution in [0.3, 0.4) is 0 Å². The molecule has 0 radical (unpaired) electrons. The number of carbonyl (C=O) groups is 2. The van der Waals surface area contributed by atoms with Crippen molar-refractivity contribution >= 4 is 45.7 Å². The van der Waals surface area contributed by atoms with Crippen LogP contribution >= 0.6 is 22.9 Å². The number of hydrogen-bond acceptors (Lipinski definition) is 8. The highest BCUT2D eigenvalue weighted by Crippen LogP contribution is 2.40. The third-order valence-corrected chi connectivity index (χ3v) is 6.78. The molecule has 2 N–H and O–H groups in total. The van der Waals surface area contributed by atoms with Crippen LogP contribution in [0, 0.1) is 0 Å². The highest BCUT2D eigenvalue weighted by Gasteiger charge is 2.37. The maximum atomic E-state index is 12.7. The van der Waals surface area contributed by atoms with Gasteiger partial charge in [-0.1, -0.05) is 41.9 Å². The summed E-state index contributed by atoms with van der Waals surface area (Å²) in [6, 6.07) is 15.0. The number of hydrogen-bond donors (Lipinski definition) is 2. The third-order valence-electron chi connectivity index (χ3n) is 5.70. The van der Waals surface area contributed by atoms with E-state index in [1.54, 1.807) is 13.8 Å². The van der Waals surface area contributed by atoms with Gasteiger partial charge in [-0.2, -0.15) is 0 Å². The standard InChI is InChI=1S/C26H24ClN3O4S/c1-14-21(24(31)33-3)23(22(15(2)28-14)25(32)34-4)16-8-7-9-17(12-16)29-26-30-20(13-35-26)18-10-5-6-11-19(18)27/h5-13,23,28H,1-4H3,(H,29,30). The average Bonchev–Trinajstić information content (AvgIpc) is 3.31. The number of dihydropyridines is 1. The van der Waals surface area contributed by atoms with Crippen LogP contribution in [0.2, 0.25) is 5.02 Å². The Bertz CT molecular complexity index is 1320. The normalized spacial score (nSPS) is 14.0. The smallest absolute Gasteiger partial charge is 0.336 e. The summed E-state index contributed by atoms with van der Waals surface area (Å²) in [6.07, 6.45) is 0. The quantitative estimate of drug-likeness (QED) is 0.406. The number of rotatable bonds is 6. The molecule has 35 heavy (non-hydrogen) atoms. The van der Waals surface area contributed by atoms with Gasteiger partial charge in [-0.3, -0.25) is 0 Å². The van der Waals surface area contributed by atoms with E-state index in [4.69, 9.17) is 21.1 Å². The van der Waals surface area contributed by atoms with Gasteiger partial charge in [0.25, 0.3) is 0 Å². The molecule has 0 spiro atoms. The van der Waals surface area contributed by atoms with E-state index < -0.39 is 17.9 Å². The maximum absolute atomic E-state index is 12.7. The predicted octanol–water partition coefficient (Wildman–Crippen LogP) is 5.79. The Balaban J connectivity index is 1.71. The SMILES string of the molecule is COC(=O)C1=C(C)NC(C)=C(C(=O)OC)C1c1cccc(Nc2nc(-c3ccccc3Cl)cs2)c1. The lowest BCUT2D eigenvalue weighted by molar-refractivity contribution is -0.137. The number of halogens is 1. The van der Waals surface area contributed by atoms with Gasteiger partial charge < -0.3 is 20.1 Å². The van der Waals surface area contributed by atoms with E-state index in [9.17, 15) is 9.59 Å². The number of carbonyl (C=O) groups excluding carboxylic acids is 2. The molecule has 0 bridgehead atoms. The highest BCUT2D eigenvalue weighted by molar-refractivity contribution is 7.14. The summed E-state index contributed by atoms with van der Waals surface area (Å²) in [4.78, 5) is 30.1. The minimum atomic E-state index is -0.659. The van der Waals surface area contributed by atoms with Crippen molar-refractivity contribution in [1.82, 2.24) is 10.3 Å². The highest BCUT2D eigenvalue weighted by atomic mass is 35.5. The number of ether oxygens (including phenoxy) is 2. The van der Waals surface area contributed by atoms with Gasteiger partial charge in [-0.25, -0.2) is 14.6 Å². The molecule has 2 aromatic carbocycles. The third kappa shape index (κ3) is 4.94. The molecule has 1 aliphatic rings. The van der Waals surface area contributed by atoms with Crippen LogP contribution in [0.5, 0.6) is 0 Å². The number of thiazole rings is 1. The summed E-state index contributed by atoms with van der Waals surface area (Å²) >= 11 is 7.77. The minimum Gasteiger partial charge on any atom is -0.466 e. The molecule has 0 amide bonds. The predicted molar refractivity (Wildman–Crippen MR) is 138 cm³/mol. The first-order chi connectivity index (χ1) is 16.8. The number of allylic oxidation sites excluding steroid dienone is 2. The van der Waals surface area contributed by atoms with Gasteiger partial charge in [0.1, 0.15) is 0 Å². The molecule has 0 aliphatic carbocycles. The molecule has 180 valence electrons. The van der Waals surface area contributed by atoms with Crippen molar-refractivity contribution in [2.45, 2.75) is 19.8 Å². The van der Waals surface area contributed by atoms with Crippen molar-refractivity contribution in [3.63, 3.8) is 0 Å². The van der Waals surface area contributed by atoms with Crippen molar-refractivity contribution in [2.24, 2.45) is 0 Å². The van der Waals surface area contributed by atoms with E-state index in [-0.39, 0.29) is 0 Å². The molecule has 0 unspecified atom stereocenters. The minimum absolute atomic E-state index is 0.353. The van der Waals surface area contributed by atoms with Crippen LogP contribution in [-0.4, -0.2) is 31.1 Å². The van der Waals surface area contributed by atoms with Crippen LogP contribution in [0.15, 0.2) is 76.5 Å².